The molecule has 100 valence electrons. The highest BCUT2D eigenvalue weighted by Crippen LogP contribution is 2.11. The summed E-state index contributed by atoms with van der Waals surface area (Å²) in [6.45, 7) is 2.90. The highest BCUT2D eigenvalue weighted by Gasteiger charge is 2.08. The number of rotatable bonds is 7. The number of hydrogen-bond donors (Lipinski definition) is 2. The van der Waals surface area contributed by atoms with E-state index in [1.165, 1.54) is 0 Å². The summed E-state index contributed by atoms with van der Waals surface area (Å²) < 4.78 is 1.01. The van der Waals surface area contributed by atoms with Gasteiger partial charge in [0.05, 0.1) is 6.42 Å². The molecule has 0 aliphatic rings. The molecule has 0 radical (unpaired) electrons. The Labute approximate surface area is 117 Å². The summed E-state index contributed by atoms with van der Waals surface area (Å²) in [5, 5.41) is 11.8. The van der Waals surface area contributed by atoms with Gasteiger partial charge in [0, 0.05) is 17.6 Å². The van der Waals surface area contributed by atoms with Gasteiger partial charge in [-0.05, 0) is 30.0 Å². The number of aliphatic hydroxyl groups excluding tert-OH is 1. The van der Waals surface area contributed by atoms with Crippen LogP contribution in [0.25, 0.3) is 0 Å². The van der Waals surface area contributed by atoms with Crippen LogP contribution in [0.3, 0.4) is 0 Å². The SMILES string of the molecule is CCC(CCO)CNC(=O)Cc1ccc(Br)cc1. The first-order valence-electron chi connectivity index (χ1n) is 6.27. The Bertz CT molecular complexity index is 365. The topological polar surface area (TPSA) is 49.3 Å². The van der Waals surface area contributed by atoms with Gasteiger partial charge >= 0.3 is 0 Å². The lowest BCUT2D eigenvalue weighted by molar-refractivity contribution is -0.120. The molecule has 0 saturated heterocycles. The van der Waals surface area contributed by atoms with E-state index in [0.29, 0.717) is 18.9 Å². The Balaban J connectivity index is 2.35. The Morgan fingerprint density at radius 1 is 1.39 bits per heavy atom. The quantitative estimate of drug-likeness (QED) is 0.812. The van der Waals surface area contributed by atoms with Gasteiger partial charge in [0.15, 0.2) is 0 Å². The minimum absolute atomic E-state index is 0.0358. The van der Waals surface area contributed by atoms with Crippen LogP contribution in [-0.2, 0) is 11.2 Å². The normalized spacial score (nSPS) is 12.2. The van der Waals surface area contributed by atoms with Crippen molar-refractivity contribution >= 4 is 21.8 Å². The molecule has 2 N–H and O–H groups in total. The van der Waals surface area contributed by atoms with E-state index in [9.17, 15) is 4.79 Å². The number of nitrogens with one attached hydrogen (secondary N) is 1. The number of amides is 1. The molecule has 0 saturated carbocycles. The maximum absolute atomic E-state index is 11.7. The molecule has 0 heterocycles. The summed E-state index contributed by atoms with van der Waals surface area (Å²) in [5.41, 5.74) is 1.01. The average molecular weight is 314 g/mol. The second-order valence-electron chi connectivity index (χ2n) is 4.39. The molecule has 18 heavy (non-hydrogen) atoms. The fourth-order valence-electron chi connectivity index (χ4n) is 1.74. The molecule has 1 aromatic rings. The first-order chi connectivity index (χ1) is 8.65. The lowest BCUT2D eigenvalue weighted by Crippen LogP contribution is -2.30. The second-order valence-corrected chi connectivity index (χ2v) is 5.31. The second kappa shape index (κ2) is 8.27. The lowest BCUT2D eigenvalue weighted by Gasteiger charge is -2.14. The van der Waals surface area contributed by atoms with Gasteiger partial charge < -0.3 is 10.4 Å². The van der Waals surface area contributed by atoms with E-state index in [0.717, 1.165) is 22.9 Å². The summed E-state index contributed by atoms with van der Waals surface area (Å²) in [6.07, 6.45) is 2.12. The van der Waals surface area contributed by atoms with Crippen LogP contribution in [0.5, 0.6) is 0 Å². The van der Waals surface area contributed by atoms with E-state index in [1.807, 2.05) is 24.3 Å². The summed E-state index contributed by atoms with van der Waals surface area (Å²) >= 11 is 3.36. The molecule has 1 atom stereocenters. The molecule has 1 unspecified atom stereocenters. The van der Waals surface area contributed by atoms with Gasteiger partial charge in [0.2, 0.25) is 5.91 Å². The number of hydrogen-bond acceptors (Lipinski definition) is 2. The third kappa shape index (κ3) is 5.65. The molecule has 0 aliphatic carbocycles. The molecular weight excluding hydrogens is 294 g/mol. The first-order valence-corrected chi connectivity index (χ1v) is 7.07. The molecule has 1 aromatic carbocycles. The van der Waals surface area contributed by atoms with E-state index in [1.54, 1.807) is 0 Å². The van der Waals surface area contributed by atoms with Crippen molar-refractivity contribution in [2.24, 2.45) is 5.92 Å². The number of carbonyl (C=O) groups is 1. The van der Waals surface area contributed by atoms with Gasteiger partial charge in [-0.1, -0.05) is 41.4 Å². The molecular formula is C14H20BrNO2. The van der Waals surface area contributed by atoms with E-state index < -0.39 is 0 Å². The van der Waals surface area contributed by atoms with Crippen LogP contribution in [0.4, 0.5) is 0 Å². The summed E-state index contributed by atoms with van der Waals surface area (Å²) in [5.74, 6) is 0.401. The number of aliphatic hydroxyl groups is 1. The van der Waals surface area contributed by atoms with E-state index in [4.69, 9.17) is 5.11 Å². The zero-order valence-electron chi connectivity index (χ0n) is 10.7. The Morgan fingerprint density at radius 3 is 2.61 bits per heavy atom. The maximum atomic E-state index is 11.7. The van der Waals surface area contributed by atoms with Crippen molar-refractivity contribution in [1.82, 2.24) is 5.32 Å². The highest BCUT2D eigenvalue weighted by atomic mass is 79.9. The van der Waals surface area contributed by atoms with E-state index in [-0.39, 0.29) is 12.5 Å². The number of benzene rings is 1. The molecule has 4 heteroatoms. The molecule has 1 amide bonds. The van der Waals surface area contributed by atoms with E-state index in [2.05, 4.69) is 28.2 Å². The molecule has 0 aromatic heterocycles. The van der Waals surface area contributed by atoms with Crippen LogP contribution >= 0.6 is 15.9 Å². The summed E-state index contributed by atoms with van der Waals surface area (Å²) in [6, 6.07) is 7.75. The van der Waals surface area contributed by atoms with Crippen molar-refractivity contribution in [2.75, 3.05) is 13.2 Å². The van der Waals surface area contributed by atoms with Crippen molar-refractivity contribution in [3.05, 3.63) is 34.3 Å². The van der Waals surface area contributed by atoms with Crippen LogP contribution in [0.15, 0.2) is 28.7 Å². The monoisotopic (exact) mass is 313 g/mol. The van der Waals surface area contributed by atoms with Crippen LogP contribution in [0, 0.1) is 5.92 Å². The van der Waals surface area contributed by atoms with E-state index >= 15 is 0 Å². The zero-order valence-corrected chi connectivity index (χ0v) is 12.2. The molecule has 0 aliphatic heterocycles. The van der Waals surface area contributed by atoms with Crippen molar-refractivity contribution < 1.29 is 9.90 Å². The average Bonchev–Trinajstić information content (AvgIpc) is 2.37. The van der Waals surface area contributed by atoms with Gasteiger partial charge in [-0.15, -0.1) is 0 Å². The molecule has 1 rings (SSSR count). The summed E-state index contributed by atoms with van der Waals surface area (Å²) in [4.78, 5) is 11.7. The van der Waals surface area contributed by atoms with Crippen molar-refractivity contribution in [2.45, 2.75) is 26.2 Å². The smallest absolute Gasteiger partial charge is 0.224 e. The maximum Gasteiger partial charge on any atom is 0.224 e. The fourth-order valence-corrected chi connectivity index (χ4v) is 2.01. The Kier molecular flexibility index (Phi) is 6.98. The van der Waals surface area contributed by atoms with Gasteiger partial charge in [-0.2, -0.15) is 0 Å². The standard InChI is InChI=1S/C14H20BrNO2/c1-2-11(7-8-17)10-16-14(18)9-12-3-5-13(15)6-4-12/h3-6,11,17H,2,7-10H2,1H3,(H,16,18). The molecule has 0 spiro atoms. The van der Waals surface area contributed by atoms with Gasteiger partial charge in [0.25, 0.3) is 0 Å². The predicted octanol–water partition coefficient (Wildman–Crippen LogP) is 2.52. The first kappa shape index (κ1) is 15.2. The minimum atomic E-state index is 0.0358. The van der Waals surface area contributed by atoms with Crippen LogP contribution in [0.2, 0.25) is 0 Å². The van der Waals surface area contributed by atoms with Crippen LogP contribution in [-0.4, -0.2) is 24.2 Å². The van der Waals surface area contributed by atoms with Gasteiger partial charge in [-0.25, -0.2) is 0 Å². The van der Waals surface area contributed by atoms with Crippen LogP contribution in [0.1, 0.15) is 25.3 Å². The van der Waals surface area contributed by atoms with Gasteiger partial charge in [-0.3, -0.25) is 4.79 Å². The lowest BCUT2D eigenvalue weighted by atomic mass is 10.0. The molecule has 0 bridgehead atoms. The predicted molar refractivity (Wildman–Crippen MR) is 76.3 cm³/mol. The summed E-state index contributed by atoms with van der Waals surface area (Å²) in [7, 11) is 0. The van der Waals surface area contributed by atoms with Gasteiger partial charge in [0.1, 0.15) is 0 Å². The van der Waals surface area contributed by atoms with Crippen molar-refractivity contribution in [3.63, 3.8) is 0 Å². The highest BCUT2D eigenvalue weighted by molar-refractivity contribution is 9.10. The van der Waals surface area contributed by atoms with Crippen molar-refractivity contribution in [1.29, 1.82) is 0 Å². The molecule has 3 nitrogen and oxygen atoms in total. The van der Waals surface area contributed by atoms with Crippen LogP contribution < -0.4 is 5.32 Å². The number of halogens is 1. The zero-order chi connectivity index (χ0) is 13.4. The largest absolute Gasteiger partial charge is 0.396 e. The third-order valence-corrected chi connectivity index (χ3v) is 3.51. The number of carbonyl (C=O) groups excluding carboxylic acids is 1. The molecule has 0 fully saturated rings. The Hall–Kier alpha value is -0.870. The minimum Gasteiger partial charge on any atom is -0.396 e. The van der Waals surface area contributed by atoms with Crippen molar-refractivity contribution in [3.8, 4) is 0 Å². The fraction of sp³-hybridized carbons (Fsp3) is 0.500. The Morgan fingerprint density at radius 2 is 2.06 bits per heavy atom. The third-order valence-electron chi connectivity index (χ3n) is 2.98.